The number of rotatable bonds is 4. The van der Waals surface area contributed by atoms with E-state index < -0.39 is 6.10 Å². The third-order valence-electron chi connectivity index (χ3n) is 3.18. The molecule has 0 spiro atoms. The molecule has 0 amide bonds. The van der Waals surface area contributed by atoms with Crippen LogP contribution in [0.3, 0.4) is 0 Å². The topological polar surface area (TPSA) is 38.7 Å². The van der Waals surface area contributed by atoms with Gasteiger partial charge in [-0.15, -0.1) is 0 Å². The summed E-state index contributed by atoms with van der Waals surface area (Å²) in [6, 6.07) is 0. The summed E-state index contributed by atoms with van der Waals surface area (Å²) in [5.74, 6) is 1.71. The number of hydrogen-bond acceptors (Lipinski definition) is 3. The molecule has 1 aromatic rings. The standard InChI is InChI=1S/C15H22O3/c1-9(16)7-8-13-12(4)14(17-5)10(2)11(3)15(13)18-6/h7-9,16H,1-6H3/b8-7-/t9-/m0/s1. The summed E-state index contributed by atoms with van der Waals surface area (Å²) in [5.41, 5.74) is 4.12. The minimum atomic E-state index is -0.485. The van der Waals surface area contributed by atoms with Crippen molar-refractivity contribution in [2.75, 3.05) is 14.2 Å². The number of aliphatic hydroxyl groups is 1. The molecule has 0 aliphatic rings. The lowest BCUT2D eigenvalue weighted by molar-refractivity contribution is 0.245. The molecule has 0 fully saturated rings. The average molecular weight is 250 g/mol. The van der Waals surface area contributed by atoms with Crippen LogP contribution in [0.2, 0.25) is 0 Å². The van der Waals surface area contributed by atoms with E-state index in [-0.39, 0.29) is 0 Å². The Morgan fingerprint density at radius 1 is 0.944 bits per heavy atom. The van der Waals surface area contributed by atoms with Gasteiger partial charge in [0.2, 0.25) is 0 Å². The fourth-order valence-electron chi connectivity index (χ4n) is 2.12. The predicted molar refractivity (Wildman–Crippen MR) is 74.5 cm³/mol. The smallest absolute Gasteiger partial charge is 0.129 e. The monoisotopic (exact) mass is 250 g/mol. The quantitative estimate of drug-likeness (QED) is 0.892. The van der Waals surface area contributed by atoms with Crippen LogP contribution < -0.4 is 9.47 Å². The zero-order valence-electron chi connectivity index (χ0n) is 12.0. The summed E-state index contributed by atoms with van der Waals surface area (Å²) < 4.78 is 10.9. The third-order valence-corrected chi connectivity index (χ3v) is 3.18. The van der Waals surface area contributed by atoms with Crippen molar-refractivity contribution in [3.63, 3.8) is 0 Å². The van der Waals surface area contributed by atoms with Gasteiger partial charge in [0, 0.05) is 11.1 Å². The third kappa shape index (κ3) is 2.67. The van der Waals surface area contributed by atoms with Crippen LogP contribution >= 0.6 is 0 Å². The van der Waals surface area contributed by atoms with Gasteiger partial charge < -0.3 is 14.6 Å². The van der Waals surface area contributed by atoms with E-state index >= 15 is 0 Å². The molecule has 3 heteroatoms. The maximum atomic E-state index is 9.36. The Bertz CT molecular complexity index is 460. The zero-order chi connectivity index (χ0) is 13.9. The summed E-state index contributed by atoms with van der Waals surface area (Å²) in [6.07, 6.45) is 3.13. The molecule has 0 aliphatic heterocycles. The summed E-state index contributed by atoms with van der Waals surface area (Å²) in [6.45, 7) is 7.74. The highest BCUT2D eigenvalue weighted by molar-refractivity contribution is 5.69. The molecule has 0 saturated carbocycles. The highest BCUT2D eigenvalue weighted by Crippen LogP contribution is 2.38. The summed E-state index contributed by atoms with van der Waals surface area (Å²) in [7, 11) is 3.33. The molecule has 18 heavy (non-hydrogen) atoms. The molecule has 0 aromatic heterocycles. The second kappa shape index (κ2) is 5.91. The van der Waals surface area contributed by atoms with E-state index in [9.17, 15) is 5.11 Å². The molecule has 1 atom stereocenters. The number of hydrogen-bond donors (Lipinski definition) is 1. The molecule has 100 valence electrons. The lowest BCUT2D eigenvalue weighted by Gasteiger charge is -2.18. The Morgan fingerprint density at radius 3 is 1.89 bits per heavy atom. The van der Waals surface area contributed by atoms with E-state index in [1.807, 2.05) is 26.8 Å². The Kier molecular flexibility index (Phi) is 4.79. The molecular formula is C15H22O3. The van der Waals surface area contributed by atoms with E-state index in [0.29, 0.717) is 0 Å². The maximum absolute atomic E-state index is 9.36. The molecule has 1 rings (SSSR count). The van der Waals surface area contributed by atoms with Gasteiger partial charge in [0.1, 0.15) is 11.5 Å². The molecule has 0 aliphatic carbocycles. The predicted octanol–water partition coefficient (Wildman–Crippen LogP) is 3.02. The van der Waals surface area contributed by atoms with Gasteiger partial charge in [-0.2, -0.15) is 0 Å². The lowest BCUT2D eigenvalue weighted by Crippen LogP contribution is -2.02. The number of methoxy groups -OCH3 is 2. The first-order chi connectivity index (χ1) is 8.43. The van der Waals surface area contributed by atoms with E-state index in [1.165, 1.54) is 0 Å². The van der Waals surface area contributed by atoms with Crippen molar-refractivity contribution < 1.29 is 14.6 Å². The first-order valence-corrected chi connectivity index (χ1v) is 6.02. The fraction of sp³-hybridized carbons (Fsp3) is 0.467. The Balaban J connectivity index is 3.52. The van der Waals surface area contributed by atoms with Crippen molar-refractivity contribution in [3.05, 3.63) is 28.3 Å². The minimum Gasteiger partial charge on any atom is -0.496 e. The average Bonchev–Trinajstić information content (AvgIpc) is 2.32. The van der Waals surface area contributed by atoms with Gasteiger partial charge in [-0.25, -0.2) is 0 Å². The lowest BCUT2D eigenvalue weighted by atomic mass is 9.96. The van der Waals surface area contributed by atoms with Crippen molar-refractivity contribution >= 4 is 6.08 Å². The van der Waals surface area contributed by atoms with Gasteiger partial charge in [-0.05, 0) is 38.8 Å². The van der Waals surface area contributed by atoms with E-state index in [0.717, 1.165) is 33.8 Å². The van der Waals surface area contributed by atoms with Gasteiger partial charge >= 0.3 is 0 Å². The Hall–Kier alpha value is -1.48. The molecule has 1 aromatic carbocycles. The van der Waals surface area contributed by atoms with Crippen LogP contribution in [-0.4, -0.2) is 25.4 Å². The Morgan fingerprint density at radius 2 is 1.44 bits per heavy atom. The highest BCUT2D eigenvalue weighted by Gasteiger charge is 2.16. The van der Waals surface area contributed by atoms with Crippen molar-refractivity contribution in [3.8, 4) is 11.5 Å². The molecular weight excluding hydrogens is 228 g/mol. The number of aliphatic hydroxyl groups excluding tert-OH is 1. The van der Waals surface area contributed by atoms with Gasteiger partial charge in [-0.1, -0.05) is 12.2 Å². The van der Waals surface area contributed by atoms with Crippen LogP contribution in [0.15, 0.2) is 6.08 Å². The molecule has 0 unspecified atom stereocenters. The Labute approximate surface area is 109 Å². The molecule has 3 nitrogen and oxygen atoms in total. The maximum Gasteiger partial charge on any atom is 0.129 e. The van der Waals surface area contributed by atoms with Crippen LogP contribution in [0.1, 0.15) is 29.2 Å². The second-order valence-corrected chi connectivity index (χ2v) is 4.45. The van der Waals surface area contributed by atoms with Crippen LogP contribution in [0.4, 0.5) is 0 Å². The molecule has 0 radical (unpaired) electrons. The van der Waals surface area contributed by atoms with E-state index in [1.54, 1.807) is 27.2 Å². The van der Waals surface area contributed by atoms with Crippen molar-refractivity contribution in [1.29, 1.82) is 0 Å². The number of benzene rings is 1. The largest absolute Gasteiger partial charge is 0.496 e. The van der Waals surface area contributed by atoms with Crippen LogP contribution in [0.5, 0.6) is 11.5 Å². The van der Waals surface area contributed by atoms with Gasteiger partial charge in [0.25, 0.3) is 0 Å². The fourth-order valence-corrected chi connectivity index (χ4v) is 2.12. The highest BCUT2D eigenvalue weighted by atomic mass is 16.5. The zero-order valence-corrected chi connectivity index (χ0v) is 12.0. The van der Waals surface area contributed by atoms with Gasteiger partial charge in [0.15, 0.2) is 0 Å². The van der Waals surface area contributed by atoms with Crippen molar-refractivity contribution in [1.82, 2.24) is 0 Å². The molecule has 0 heterocycles. The normalized spacial score (nSPS) is 12.8. The second-order valence-electron chi connectivity index (χ2n) is 4.45. The van der Waals surface area contributed by atoms with E-state index in [2.05, 4.69) is 0 Å². The van der Waals surface area contributed by atoms with E-state index in [4.69, 9.17) is 9.47 Å². The summed E-state index contributed by atoms with van der Waals surface area (Å²) in [4.78, 5) is 0. The summed E-state index contributed by atoms with van der Waals surface area (Å²) >= 11 is 0. The van der Waals surface area contributed by atoms with Crippen molar-refractivity contribution in [2.45, 2.75) is 33.8 Å². The first kappa shape index (κ1) is 14.6. The first-order valence-electron chi connectivity index (χ1n) is 6.02. The van der Waals surface area contributed by atoms with Crippen LogP contribution in [0, 0.1) is 20.8 Å². The molecule has 0 saturated heterocycles. The van der Waals surface area contributed by atoms with Crippen LogP contribution in [-0.2, 0) is 0 Å². The van der Waals surface area contributed by atoms with Crippen molar-refractivity contribution in [2.24, 2.45) is 0 Å². The SMILES string of the molecule is COc1c(C)c(C)c(OC)c(/C=C\[C@H](C)O)c1C. The molecule has 1 N–H and O–H groups in total. The van der Waals surface area contributed by atoms with Gasteiger partial charge in [-0.3, -0.25) is 0 Å². The summed E-state index contributed by atoms with van der Waals surface area (Å²) in [5, 5.41) is 9.36. The van der Waals surface area contributed by atoms with Crippen LogP contribution in [0.25, 0.3) is 6.08 Å². The van der Waals surface area contributed by atoms with Gasteiger partial charge in [0.05, 0.1) is 20.3 Å². The number of ether oxygens (including phenoxy) is 2. The minimum absolute atomic E-state index is 0.485. The molecule has 0 bridgehead atoms.